The third kappa shape index (κ3) is 3.58. The molecule has 0 spiro atoms. The van der Waals surface area contributed by atoms with Crippen LogP contribution in [0.5, 0.6) is 0 Å². The van der Waals surface area contributed by atoms with Crippen LogP contribution in [0.2, 0.25) is 5.02 Å². The van der Waals surface area contributed by atoms with E-state index in [0.29, 0.717) is 27.8 Å². The van der Waals surface area contributed by atoms with E-state index in [-0.39, 0.29) is 17.9 Å². The van der Waals surface area contributed by atoms with Crippen molar-refractivity contribution in [1.82, 2.24) is 0 Å². The van der Waals surface area contributed by atoms with Gasteiger partial charge < -0.3 is 14.8 Å². The Morgan fingerprint density at radius 1 is 1.19 bits per heavy atom. The first-order chi connectivity index (χ1) is 12.5. The minimum atomic E-state index is -0.610. The standard InChI is InChI=1S/C18H13ClN2O5/c19-15-9-11(5-7-13(15)17-8-6-12(10-22)26-17)20-18(23)14-3-1-2-4-16(14)21(24)25/h1-9,22H,10H2,(H,20,23). The molecule has 0 radical (unpaired) electrons. The van der Waals surface area contributed by atoms with Gasteiger partial charge >= 0.3 is 0 Å². The Bertz CT molecular complexity index is 983. The van der Waals surface area contributed by atoms with E-state index in [0.717, 1.165) is 0 Å². The van der Waals surface area contributed by atoms with Gasteiger partial charge in [-0.3, -0.25) is 14.9 Å². The van der Waals surface area contributed by atoms with E-state index in [4.69, 9.17) is 21.1 Å². The van der Waals surface area contributed by atoms with E-state index in [1.54, 1.807) is 30.3 Å². The summed E-state index contributed by atoms with van der Waals surface area (Å²) >= 11 is 6.25. The largest absolute Gasteiger partial charge is 0.459 e. The molecule has 8 heteroatoms. The number of halogens is 1. The average molecular weight is 373 g/mol. The molecule has 3 aromatic rings. The Morgan fingerprint density at radius 2 is 1.96 bits per heavy atom. The number of benzene rings is 2. The molecule has 26 heavy (non-hydrogen) atoms. The quantitative estimate of drug-likeness (QED) is 0.514. The van der Waals surface area contributed by atoms with Crippen LogP contribution in [0.1, 0.15) is 16.1 Å². The van der Waals surface area contributed by atoms with Crippen LogP contribution in [0.3, 0.4) is 0 Å². The highest BCUT2D eigenvalue weighted by molar-refractivity contribution is 6.33. The topological polar surface area (TPSA) is 106 Å². The number of nitrogens with one attached hydrogen (secondary N) is 1. The number of hydrogen-bond acceptors (Lipinski definition) is 5. The number of carbonyl (C=O) groups is 1. The molecule has 2 aromatic carbocycles. The predicted molar refractivity (Wildman–Crippen MR) is 96.1 cm³/mol. The smallest absolute Gasteiger partial charge is 0.282 e. The van der Waals surface area contributed by atoms with Crippen molar-refractivity contribution in [2.45, 2.75) is 6.61 Å². The second-order valence-corrected chi connectivity index (χ2v) is 5.75. The number of aliphatic hydroxyl groups excluding tert-OH is 1. The van der Waals surface area contributed by atoms with Gasteiger partial charge in [-0.05, 0) is 36.4 Å². The van der Waals surface area contributed by atoms with E-state index in [2.05, 4.69) is 5.32 Å². The summed E-state index contributed by atoms with van der Waals surface area (Å²) in [6.45, 7) is -0.221. The molecule has 0 unspecified atom stereocenters. The first kappa shape index (κ1) is 17.7. The number of amides is 1. The second kappa shape index (κ2) is 7.38. The van der Waals surface area contributed by atoms with Crippen LogP contribution in [0, 0.1) is 10.1 Å². The van der Waals surface area contributed by atoms with Crippen LogP contribution in [-0.4, -0.2) is 15.9 Å². The summed E-state index contributed by atoms with van der Waals surface area (Å²) in [4.78, 5) is 22.8. The van der Waals surface area contributed by atoms with Gasteiger partial charge in [0.2, 0.25) is 0 Å². The normalized spacial score (nSPS) is 10.5. The molecule has 0 aliphatic carbocycles. The van der Waals surface area contributed by atoms with Crippen molar-refractivity contribution in [3.8, 4) is 11.3 Å². The molecule has 1 aromatic heterocycles. The van der Waals surface area contributed by atoms with E-state index in [9.17, 15) is 14.9 Å². The lowest BCUT2D eigenvalue weighted by Crippen LogP contribution is -2.13. The molecule has 0 fully saturated rings. The number of anilines is 1. The zero-order valence-electron chi connectivity index (χ0n) is 13.3. The summed E-state index contributed by atoms with van der Waals surface area (Å²) in [6.07, 6.45) is 0. The van der Waals surface area contributed by atoms with Gasteiger partial charge in [-0.25, -0.2) is 0 Å². The van der Waals surface area contributed by atoms with Crippen molar-refractivity contribution in [2.24, 2.45) is 0 Å². The van der Waals surface area contributed by atoms with Crippen molar-refractivity contribution in [3.05, 3.63) is 81.1 Å². The van der Waals surface area contributed by atoms with Gasteiger partial charge in [0, 0.05) is 17.3 Å². The Kier molecular flexibility index (Phi) is 5.01. The number of aliphatic hydroxyl groups is 1. The highest BCUT2D eigenvalue weighted by Crippen LogP contribution is 2.32. The van der Waals surface area contributed by atoms with Crippen molar-refractivity contribution in [1.29, 1.82) is 0 Å². The predicted octanol–water partition coefficient (Wildman–Crippen LogP) is 4.25. The highest BCUT2D eigenvalue weighted by atomic mass is 35.5. The number of carbonyl (C=O) groups excluding carboxylic acids is 1. The minimum Gasteiger partial charge on any atom is -0.459 e. The Morgan fingerprint density at radius 3 is 2.62 bits per heavy atom. The maximum Gasteiger partial charge on any atom is 0.282 e. The van der Waals surface area contributed by atoms with Gasteiger partial charge in [0.25, 0.3) is 11.6 Å². The summed E-state index contributed by atoms with van der Waals surface area (Å²) in [5, 5.41) is 23.0. The van der Waals surface area contributed by atoms with Crippen LogP contribution in [0.15, 0.2) is 59.0 Å². The maximum absolute atomic E-state index is 12.3. The summed E-state index contributed by atoms with van der Waals surface area (Å²) in [7, 11) is 0. The van der Waals surface area contributed by atoms with E-state index in [1.165, 1.54) is 24.3 Å². The van der Waals surface area contributed by atoms with Crippen LogP contribution in [0.4, 0.5) is 11.4 Å². The summed E-state index contributed by atoms with van der Waals surface area (Å²) < 4.78 is 5.44. The summed E-state index contributed by atoms with van der Waals surface area (Å²) in [5.74, 6) is 0.280. The van der Waals surface area contributed by atoms with Gasteiger partial charge in [0.15, 0.2) is 0 Å². The second-order valence-electron chi connectivity index (χ2n) is 5.35. The highest BCUT2D eigenvalue weighted by Gasteiger charge is 2.19. The Labute approximate surface area is 153 Å². The number of para-hydroxylation sites is 1. The molecular weight excluding hydrogens is 360 g/mol. The zero-order chi connectivity index (χ0) is 18.7. The lowest BCUT2D eigenvalue weighted by Gasteiger charge is -2.08. The zero-order valence-corrected chi connectivity index (χ0v) is 14.1. The van der Waals surface area contributed by atoms with Gasteiger partial charge in [-0.15, -0.1) is 0 Å². The van der Waals surface area contributed by atoms with E-state index >= 15 is 0 Å². The molecule has 1 amide bonds. The molecule has 0 saturated carbocycles. The lowest BCUT2D eigenvalue weighted by atomic mass is 10.1. The van der Waals surface area contributed by atoms with Gasteiger partial charge in [-0.1, -0.05) is 23.7 Å². The lowest BCUT2D eigenvalue weighted by molar-refractivity contribution is -0.385. The molecular formula is C18H13ClN2O5. The van der Waals surface area contributed by atoms with Crippen LogP contribution in [-0.2, 0) is 6.61 Å². The maximum atomic E-state index is 12.3. The molecule has 0 atom stereocenters. The van der Waals surface area contributed by atoms with Gasteiger partial charge in [-0.2, -0.15) is 0 Å². The molecule has 0 aliphatic rings. The molecule has 1 heterocycles. The van der Waals surface area contributed by atoms with Crippen molar-refractivity contribution >= 4 is 28.9 Å². The van der Waals surface area contributed by atoms with Crippen LogP contribution in [0.25, 0.3) is 11.3 Å². The fourth-order valence-electron chi connectivity index (χ4n) is 2.42. The van der Waals surface area contributed by atoms with Crippen molar-refractivity contribution in [3.63, 3.8) is 0 Å². The fraction of sp³-hybridized carbons (Fsp3) is 0.0556. The monoisotopic (exact) mass is 372 g/mol. The first-order valence-electron chi connectivity index (χ1n) is 7.54. The number of nitro groups is 1. The molecule has 7 nitrogen and oxygen atoms in total. The summed E-state index contributed by atoms with van der Waals surface area (Å²) in [5.41, 5.74) is 0.655. The molecule has 132 valence electrons. The summed E-state index contributed by atoms with van der Waals surface area (Å²) in [6, 6.07) is 13.8. The van der Waals surface area contributed by atoms with E-state index < -0.39 is 10.8 Å². The Balaban J connectivity index is 1.84. The Hall–Kier alpha value is -3.16. The first-order valence-corrected chi connectivity index (χ1v) is 7.91. The minimum absolute atomic E-state index is 0.0451. The van der Waals surface area contributed by atoms with Crippen molar-refractivity contribution < 1.29 is 19.2 Å². The average Bonchev–Trinajstić information content (AvgIpc) is 3.10. The molecule has 0 aliphatic heterocycles. The van der Waals surface area contributed by atoms with Crippen molar-refractivity contribution in [2.75, 3.05) is 5.32 Å². The fourth-order valence-corrected chi connectivity index (χ4v) is 2.70. The number of furan rings is 1. The number of hydrogen-bond donors (Lipinski definition) is 2. The SMILES string of the molecule is O=C(Nc1ccc(-c2ccc(CO)o2)c(Cl)c1)c1ccccc1[N+](=O)[O-]. The molecule has 3 rings (SSSR count). The van der Waals surface area contributed by atoms with Crippen LogP contribution < -0.4 is 5.32 Å². The van der Waals surface area contributed by atoms with Crippen LogP contribution >= 0.6 is 11.6 Å². The molecule has 2 N–H and O–H groups in total. The van der Waals surface area contributed by atoms with E-state index in [1.807, 2.05) is 0 Å². The molecule has 0 saturated heterocycles. The number of rotatable bonds is 5. The van der Waals surface area contributed by atoms with Gasteiger partial charge in [0.1, 0.15) is 23.7 Å². The third-order valence-corrected chi connectivity index (χ3v) is 3.97. The van der Waals surface area contributed by atoms with Gasteiger partial charge in [0.05, 0.1) is 9.95 Å². The third-order valence-electron chi connectivity index (χ3n) is 3.66. The number of nitro benzene ring substituents is 1. The number of nitrogens with zero attached hydrogens (tertiary/aromatic N) is 1. The molecule has 0 bridgehead atoms.